The fourth-order valence-electron chi connectivity index (χ4n) is 0.935. The number of rotatable bonds is 3. The Hall–Kier alpha value is -1.79. The van der Waals surface area contributed by atoms with E-state index in [0.29, 0.717) is 12.1 Å². The standard InChI is InChI=1S/C9H6F4O3/c10-6-1-5(8(14)15)2-7(3-6)16-4-9(11,12)13/h1-3H,4H2,(H,14,15). The van der Waals surface area contributed by atoms with Gasteiger partial charge in [-0.1, -0.05) is 0 Å². The number of ether oxygens (including phenoxy) is 1. The van der Waals surface area contributed by atoms with Crippen molar-refractivity contribution in [2.75, 3.05) is 6.61 Å². The van der Waals surface area contributed by atoms with Crippen LogP contribution < -0.4 is 4.74 Å². The zero-order valence-corrected chi connectivity index (χ0v) is 7.71. The molecule has 0 radical (unpaired) electrons. The van der Waals surface area contributed by atoms with Gasteiger partial charge in [-0.05, 0) is 12.1 Å². The van der Waals surface area contributed by atoms with Gasteiger partial charge in [0.05, 0.1) is 5.56 Å². The Morgan fingerprint density at radius 1 is 1.31 bits per heavy atom. The highest BCUT2D eigenvalue weighted by Crippen LogP contribution is 2.20. The molecule has 0 amide bonds. The third-order valence-corrected chi connectivity index (χ3v) is 1.52. The molecule has 1 aromatic rings. The molecule has 16 heavy (non-hydrogen) atoms. The summed E-state index contributed by atoms with van der Waals surface area (Å²) in [5, 5.41) is 8.52. The first kappa shape index (κ1) is 12.3. The van der Waals surface area contributed by atoms with Gasteiger partial charge in [0.15, 0.2) is 6.61 Å². The number of carboxylic acids is 1. The molecule has 0 spiro atoms. The first-order chi connectivity index (χ1) is 7.28. The predicted molar refractivity (Wildman–Crippen MR) is 44.9 cm³/mol. The summed E-state index contributed by atoms with van der Waals surface area (Å²) in [7, 11) is 0. The summed E-state index contributed by atoms with van der Waals surface area (Å²) in [6, 6.07) is 2.18. The molecule has 0 saturated heterocycles. The number of carbonyl (C=O) groups is 1. The van der Waals surface area contributed by atoms with Crippen LogP contribution in [0.5, 0.6) is 5.75 Å². The third-order valence-electron chi connectivity index (χ3n) is 1.52. The van der Waals surface area contributed by atoms with E-state index in [-0.39, 0.29) is 0 Å². The van der Waals surface area contributed by atoms with Crippen LogP contribution in [-0.4, -0.2) is 23.9 Å². The van der Waals surface area contributed by atoms with Gasteiger partial charge < -0.3 is 9.84 Å². The monoisotopic (exact) mass is 238 g/mol. The van der Waals surface area contributed by atoms with E-state index in [1.165, 1.54) is 0 Å². The van der Waals surface area contributed by atoms with Crippen LogP contribution in [0.2, 0.25) is 0 Å². The SMILES string of the molecule is O=C(O)c1cc(F)cc(OCC(F)(F)F)c1. The van der Waals surface area contributed by atoms with E-state index < -0.39 is 35.9 Å². The number of hydrogen-bond acceptors (Lipinski definition) is 2. The van der Waals surface area contributed by atoms with Gasteiger partial charge in [0.25, 0.3) is 0 Å². The zero-order chi connectivity index (χ0) is 12.3. The van der Waals surface area contributed by atoms with Crippen molar-refractivity contribution in [1.29, 1.82) is 0 Å². The number of benzene rings is 1. The molecule has 0 unspecified atom stereocenters. The highest BCUT2D eigenvalue weighted by atomic mass is 19.4. The topological polar surface area (TPSA) is 46.5 Å². The molecule has 0 fully saturated rings. The van der Waals surface area contributed by atoms with Crippen LogP contribution in [-0.2, 0) is 0 Å². The van der Waals surface area contributed by atoms with Crippen molar-refractivity contribution in [3.8, 4) is 5.75 Å². The summed E-state index contributed by atoms with van der Waals surface area (Å²) in [6.07, 6.45) is -4.56. The largest absolute Gasteiger partial charge is 0.484 e. The van der Waals surface area contributed by atoms with E-state index in [2.05, 4.69) is 4.74 Å². The minimum absolute atomic E-state index is 0.475. The van der Waals surface area contributed by atoms with Gasteiger partial charge in [0, 0.05) is 6.07 Å². The fraction of sp³-hybridized carbons (Fsp3) is 0.222. The van der Waals surface area contributed by atoms with E-state index in [0.717, 1.165) is 6.07 Å². The molecule has 0 aliphatic rings. The van der Waals surface area contributed by atoms with Gasteiger partial charge >= 0.3 is 12.1 Å². The molecule has 0 aliphatic heterocycles. The second-order valence-electron chi connectivity index (χ2n) is 2.88. The maximum atomic E-state index is 12.8. The number of halogens is 4. The maximum absolute atomic E-state index is 12.8. The van der Waals surface area contributed by atoms with Crippen molar-refractivity contribution in [2.24, 2.45) is 0 Å². The summed E-state index contributed by atoms with van der Waals surface area (Å²) in [4.78, 5) is 10.5. The van der Waals surface area contributed by atoms with Crippen LogP contribution >= 0.6 is 0 Å². The normalized spacial score (nSPS) is 11.2. The zero-order valence-electron chi connectivity index (χ0n) is 7.71. The number of alkyl halides is 3. The van der Waals surface area contributed by atoms with Gasteiger partial charge in [-0.25, -0.2) is 9.18 Å². The van der Waals surface area contributed by atoms with Crippen LogP contribution in [0.1, 0.15) is 10.4 Å². The van der Waals surface area contributed by atoms with Crippen LogP contribution in [0, 0.1) is 5.82 Å². The average Bonchev–Trinajstić information content (AvgIpc) is 2.13. The van der Waals surface area contributed by atoms with Crippen molar-refractivity contribution in [3.05, 3.63) is 29.6 Å². The lowest BCUT2D eigenvalue weighted by atomic mass is 10.2. The highest BCUT2D eigenvalue weighted by molar-refractivity contribution is 5.88. The minimum atomic E-state index is -4.56. The van der Waals surface area contributed by atoms with E-state index in [1.807, 2.05) is 0 Å². The van der Waals surface area contributed by atoms with Crippen LogP contribution in [0.25, 0.3) is 0 Å². The lowest BCUT2D eigenvalue weighted by molar-refractivity contribution is -0.153. The van der Waals surface area contributed by atoms with Crippen molar-refractivity contribution < 1.29 is 32.2 Å². The molecule has 1 rings (SSSR count). The summed E-state index contributed by atoms with van der Waals surface area (Å²) in [5.74, 6) is -2.90. The molecule has 0 aromatic heterocycles. The van der Waals surface area contributed by atoms with Crippen molar-refractivity contribution >= 4 is 5.97 Å². The molecule has 88 valence electrons. The van der Waals surface area contributed by atoms with E-state index in [9.17, 15) is 22.4 Å². The summed E-state index contributed by atoms with van der Waals surface area (Å²) in [6.45, 7) is -1.60. The Morgan fingerprint density at radius 3 is 2.44 bits per heavy atom. The molecule has 0 heterocycles. The Labute approximate surface area is 87.3 Å². The lowest BCUT2D eigenvalue weighted by Crippen LogP contribution is -2.19. The molecule has 0 atom stereocenters. The average molecular weight is 238 g/mol. The van der Waals surface area contributed by atoms with Gasteiger partial charge in [0.1, 0.15) is 11.6 Å². The van der Waals surface area contributed by atoms with Gasteiger partial charge in [0.2, 0.25) is 0 Å². The van der Waals surface area contributed by atoms with E-state index >= 15 is 0 Å². The highest BCUT2D eigenvalue weighted by Gasteiger charge is 2.28. The maximum Gasteiger partial charge on any atom is 0.422 e. The lowest BCUT2D eigenvalue weighted by Gasteiger charge is -2.09. The van der Waals surface area contributed by atoms with Crippen molar-refractivity contribution in [3.63, 3.8) is 0 Å². The molecule has 0 bridgehead atoms. The van der Waals surface area contributed by atoms with Gasteiger partial charge in [-0.2, -0.15) is 13.2 Å². The first-order valence-corrected chi connectivity index (χ1v) is 4.01. The molecule has 0 saturated carbocycles. The summed E-state index contributed by atoms with van der Waals surface area (Å²) >= 11 is 0. The van der Waals surface area contributed by atoms with Crippen molar-refractivity contribution in [1.82, 2.24) is 0 Å². The van der Waals surface area contributed by atoms with Crippen LogP contribution in [0.15, 0.2) is 18.2 Å². The number of carboxylic acid groups (broad SMARTS) is 1. The number of aromatic carboxylic acids is 1. The molecular formula is C9H6F4O3. The Morgan fingerprint density at radius 2 is 1.94 bits per heavy atom. The first-order valence-electron chi connectivity index (χ1n) is 4.01. The molecule has 3 nitrogen and oxygen atoms in total. The van der Waals surface area contributed by atoms with E-state index in [4.69, 9.17) is 5.11 Å². The van der Waals surface area contributed by atoms with E-state index in [1.54, 1.807) is 0 Å². The summed E-state index contributed by atoms with van der Waals surface area (Å²) in [5.41, 5.74) is -0.475. The van der Waals surface area contributed by atoms with Crippen molar-refractivity contribution in [2.45, 2.75) is 6.18 Å². The van der Waals surface area contributed by atoms with Gasteiger partial charge in [-0.15, -0.1) is 0 Å². The minimum Gasteiger partial charge on any atom is -0.484 e. The predicted octanol–water partition coefficient (Wildman–Crippen LogP) is 2.47. The molecular weight excluding hydrogens is 232 g/mol. The smallest absolute Gasteiger partial charge is 0.422 e. The molecule has 1 aromatic carbocycles. The molecule has 0 aliphatic carbocycles. The Kier molecular flexibility index (Phi) is 3.36. The quantitative estimate of drug-likeness (QED) is 0.823. The van der Waals surface area contributed by atoms with Gasteiger partial charge in [-0.3, -0.25) is 0 Å². The number of hydrogen-bond donors (Lipinski definition) is 1. The van der Waals surface area contributed by atoms with Crippen LogP contribution in [0.3, 0.4) is 0 Å². The third kappa shape index (κ3) is 3.76. The molecule has 1 N–H and O–H groups in total. The molecule has 7 heteroatoms. The summed E-state index contributed by atoms with van der Waals surface area (Å²) < 4.78 is 52.3. The van der Waals surface area contributed by atoms with Crippen LogP contribution in [0.4, 0.5) is 17.6 Å². The second kappa shape index (κ2) is 4.38. The Bertz CT molecular complexity index is 400. The Balaban J connectivity index is 2.85. The second-order valence-corrected chi connectivity index (χ2v) is 2.88. The fourth-order valence-corrected chi connectivity index (χ4v) is 0.935.